The summed E-state index contributed by atoms with van der Waals surface area (Å²) in [4.78, 5) is 10.9. The number of anilines is 2. The van der Waals surface area contributed by atoms with E-state index in [1.165, 1.54) is 6.92 Å². The molecule has 0 fully saturated rings. The average Bonchev–Trinajstić information content (AvgIpc) is 2.46. The fraction of sp³-hybridized carbons (Fsp3) is 0.0667. The van der Waals surface area contributed by atoms with E-state index in [1.807, 2.05) is 60.7 Å². The Bertz CT molecular complexity index is 540. The Hall–Kier alpha value is -2.62. The van der Waals surface area contributed by atoms with Crippen LogP contribution in [0.3, 0.4) is 0 Å². The fourth-order valence-corrected chi connectivity index (χ4v) is 1.60. The van der Waals surface area contributed by atoms with Gasteiger partial charge < -0.3 is 5.11 Å². The Morgan fingerprint density at radius 2 is 1.37 bits per heavy atom. The van der Waals surface area contributed by atoms with Crippen molar-refractivity contribution in [1.29, 1.82) is 0 Å². The molecule has 0 unspecified atom stereocenters. The zero-order chi connectivity index (χ0) is 13.7. The Kier molecular flexibility index (Phi) is 3.93. The monoisotopic (exact) mass is 254 g/mol. The minimum Gasteiger partial charge on any atom is -0.477 e. The molecular weight excluding hydrogens is 240 g/mol. The Morgan fingerprint density at radius 3 is 1.74 bits per heavy atom. The van der Waals surface area contributed by atoms with E-state index >= 15 is 0 Å². The normalized spacial score (nSPS) is 11.1. The lowest BCUT2D eigenvalue weighted by Crippen LogP contribution is -2.17. The van der Waals surface area contributed by atoms with Gasteiger partial charge in [0.25, 0.3) is 0 Å². The first-order valence-corrected chi connectivity index (χ1v) is 5.87. The van der Waals surface area contributed by atoms with Crippen molar-refractivity contribution in [2.45, 2.75) is 6.92 Å². The maximum absolute atomic E-state index is 10.9. The van der Waals surface area contributed by atoms with Gasteiger partial charge in [0.2, 0.25) is 0 Å². The minimum atomic E-state index is -1.03. The number of hydrogen-bond acceptors (Lipinski definition) is 3. The van der Waals surface area contributed by atoms with E-state index in [0.29, 0.717) is 0 Å². The van der Waals surface area contributed by atoms with Crippen LogP contribution in [-0.2, 0) is 4.79 Å². The van der Waals surface area contributed by atoms with Crippen molar-refractivity contribution in [3.05, 3.63) is 60.7 Å². The number of aliphatic carboxylic acids is 1. The van der Waals surface area contributed by atoms with Crippen molar-refractivity contribution in [3.63, 3.8) is 0 Å². The molecule has 2 aromatic carbocycles. The van der Waals surface area contributed by atoms with Crippen LogP contribution < -0.4 is 5.01 Å². The summed E-state index contributed by atoms with van der Waals surface area (Å²) in [6.07, 6.45) is 0. The molecule has 0 aliphatic rings. The number of carbonyl (C=O) groups is 1. The third kappa shape index (κ3) is 3.19. The summed E-state index contributed by atoms with van der Waals surface area (Å²) in [6, 6.07) is 18.9. The quantitative estimate of drug-likeness (QED) is 0.673. The van der Waals surface area contributed by atoms with Gasteiger partial charge in [-0.1, -0.05) is 36.4 Å². The average molecular weight is 254 g/mol. The van der Waals surface area contributed by atoms with Gasteiger partial charge in [0.1, 0.15) is 5.71 Å². The molecule has 0 saturated heterocycles. The third-order valence-electron chi connectivity index (χ3n) is 2.56. The lowest BCUT2D eigenvalue weighted by atomic mass is 10.2. The van der Waals surface area contributed by atoms with Crippen LogP contribution in [0.5, 0.6) is 0 Å². The van der Waals surface area contributed by atoms with Crippen molar-refractivity contribution < 1.29 is 9.90 Å². The van der Waals surface area contributed by atoms with Gasteiger partial charge in [-0.05, 0) is 31.2 Å². The molecule has 2 aromatic rings. The molecule has 0 spiro atoms. The highest BCUT2D eigenvalue weighted by Gasteiger charge is 2.10. The molecule has 4 nitrogen and oxygen atoms in total. The van der Waals surface area contributed by atoms with Gasteiger partial charge in [0, 0.05) is 0 Å². The highest BCUT2D eigenvalue weighted by molar-refractivity contribution is 6.34. The van der Waals surface area contributed by atoms with Crippen LogP contribution in [0.25, 0.3) is 0 Å². The van der Waals surface area contributed by atoms with E-state index in [1.54, 1.807) is 5.01 Å². The minimum absolute atomic E-state index is 0.0349. The van der Waals surface area contributed by atoms with Crippen molar-refractivity contribution >= 4 is 23.1 Å². The van der Waals surface area contributed by atoms with Crippen LogP contribution in [0.4, 0.5) is 11.4 Å². The van der Waals surface area contributed by atoms with Crippen LogP contribution in [-0.4, -0.2) is 16.8 Å². The molecule has 1 N–H and O–H groups in total. The molecule has 0 aliphatic heterocycles. The first-order chi connectivity index (χ1) is 9.18. The molecule has 0 bridgehead atoms. The highest BCUT2D eigenvalue weighted by atomic mass is 16.4. The second-order valence-electron chi connectivity index (χ2n) is 3.97. The number of rotatable bonds is 4. The van der Waals surface area contributed by atoms with E-state index in [-0.39, 0.29) is 5.71 Å². The molecule has 0 radical (unpaired) electrons. The zero-order valence-corrected chi connectivity index (χ0v) is 10.5. The molecule has 0 aliphatic carbocycles. The molecule has 0 atom stereocenters. The fourth-order valence-electron chi connectivity index (χ4n) is 1.60. The van der Waals surface area contributed by atoms with Crippen LogP contribution in [0, 0.1) is 0 Å². The van der Waals surface area contributed by atoms with Crippen LogP contribution in [0.2, 0.25) is 0 Å². The van der Waals surface area contributed by atoms with E-state index in [2.05, 4.69) is 5.10 Å². The standard InChI is InChI=1S/C15H14N2O2/c1-12(15(18)19)16-17(13-8-4-2-5-9-13)14-10-6-3-7-11-14/h2-11H,1H3,(H,18,19)/b16-12+. The van der Waals surface area contributed by atoms with Crippen LogP contribution in [0.15, 0.2) is 65.8 Å². The van der Waals surface area contributed by atoms with Gasteiger partial charge in [0.15, 0.2) is 0 Å². The van der Waals surface area contributed by atoms with Gasteiger partial charge >= 0.3 is 5.97 Å². The Morgan fingerprint density at radius 1 is 0.947 bits per heavy atom. The number of benzene rings is 2. The molecular formula is C15H14N2O2. The molecule has 19 heavy (non-hydrogen) atoms. The predicted molar refractivity (Wildman–Crippen MR) is 75.8 cm³/mol. The lowest BCUT2D eigenvalue weighted by Gasteiger charge is -2.19. The zero-order valence-electron chi connectivity index (χ0n) is 10.5. The summed E-state index contributed by atoms with van der Waals surface area (Å²) < 4.78 is 0. The number of carboxylic acid groups (broad SMARTS) is 1. The molecule has 96 valence electrons. The smallest absolute Gasteiger partial charge is 0.351 e. The largest absolute Gasteiger partial charge is 0.477 e. The van der Waals surface area contributed by atoms with E-state index in [0.717, 1.165) is 11.4 Å². The lowest BCUT2D eigenvalue weighted by molar-refractivity contribution is -0.129. The number of carboxylic acids is 1. The van der Waals surface area contributed by atoms with Gasteiger partial charge in [-0.15, -0.1) is 0 Å². The van der Waals surface area contributed by atoms with Crippen molar-refractivity contribution in [1.82, 2.24) is 0 Å². The maximum atomic E-state index is 10.9. The van der Waals surface area contributed by atoms with Crippen molar-refractivity contribution in [2.75, 3.05) is 5.01 Å². The molecule has 0 heterocycles. The molecule has 0 saturated carbocycles. The SMILES string of the molecule is C/C(=N\N(c1ccccc1)c1ccccc1)C(=O)O. The van der Waals surface area contributed by atoms with Gasteiger partial charge in [-0.3, -0.25) is 0 Å². The summed E-state index contributed by atoms with van der Waals surface area (Å²) in [5.41, 5.74) is 1.66. The summed E-state index contributed by atoms with van der Waals surface area (Å²) in [7, 11) is 0. The van der Waals surface area contributed by atoms with Crippen molar-refractivity contribution in [2.24, 2.45) is 5.10 Å². The molecule has 2 rings (SSSR count). The highest BCUT2D eigenvalue weighted by Crippen LogP contribution is 2.25. The maximum Gasteiger partial charge on any atom is 0.351 e. The van der Waals surface area contributed by atoms with Crippen LogP contribution in [0.1, 0.15) is 6.92 Å². The van der Waals surface area contributed by atoms with E-state index < -0.39 is 5.97 Å². The Balaban J connectivity index is 2.46. The number of para-hydroxylation sites is 2. The molecule has 4 heteroatoms. The van der Waals surface area contributed by atoms with E-state index in [9.17, 15) is 4.79 Å². The van der Waals surface area contributed by atoms with Gasteiger partial charge in [0.05, 0.1) is 11.4 Å². The van der Waals surface area contributed by atoms with Gasteiger partial charge in [-0.25, -0.2) is 9.80 Å². The third-order valence-corrected chi connectivity index (χ3v) is 2.56. The van der Waals surface area contributed by atoms with Gasteiger partial charge in [-0.2, -0.15) is 5.10 Å². The summed E-state index contributed by atoms with van der Waals surface area (Å²) in [5.74, 6) is -1.03. The number of hydrazone groups is 1. The second-order valence-corrected chi connectivity index (χ2v) is 3.97. The first kappa shape index (κ1) is 12.8. The number of nitrogens with zero attached hydrogens (tertiary/aromatic N) is 2. The molecule has 0 amide bonds. The Labute approximate surface area is 111 Å². The van der Waals surface area contributed by atoms with E-state index in [4.69, 9.17) is 5.11 Å². The summed E-state index contributed by atoms with van der Waals surface area (Å²) in [6.45, 7) is 1.47. The summed E-state index contributed by atoms with van der Waals surface area (Å²) >= 11 is 0. The number of hydrogen-bond donors (Lipinski definition) is 1. The summed E-state index contributed by atoms with van der Waals surface area (Å²) in [5, 5.41) is 14.7. The topological polar surface area (TPSA) is 52.9 Å². The molecule has 0 aromatic heterocycles. The predicted octanol–water partition coefficient (Wildman–Crippen LogP) is 3.29. The van der Waals surface area contributed by atoms with Crippen LogP contribution >= 0.6 is 0 Å². The van der Waals surface area contributed by atoms with Crippen molar-refractivity contribution in [3.8, 4) is 0 Å². The first-order valence-electron chi connectivity index (χ1n) is 5.87. The second kappa shape index (κ2) is 5.82.